The molecule has 0 spiro atoms. The van der Waals surface area contributed by atoms with Crippen LogP contribution in [0.1, 0.15) is 18.1 Å². The van der Waals surface area contributed by atoms with Crippen molar-refractivity contribution in [2.75, 3.05) is 0 Å². The van der Waals surface area contributed by atoms with Gasteiger partial charge in [0.1, 0.15) is 5.70 Å². The molecule has 19 heavy (non-hydrogen) atoms. The number of alkyl halides is 3. The topological polar surface area (TPSA) is 29.4 Å². The third-order valence-electron chi connectivity index (χ3n) is 2.45. The lowest BCUT2D eigenvalue weighted by molar-refractivity contribution is -0.137. The van der Waals surface area contributed by atoms with E-state index >= 15 is 0 Å². The Morgan fingerprint density at radius 1 is 1.32 bits per heavy atom. The van der Waals surface area contributed by atoms with E-state index in [4.69, 9.17) is 0 Å². The molecule has 1 aromatic rings. The van der Waals surface area contributed by atoms with Gasteiger partial charge in [0.2, 0.25) is 0 Å². The molecule has 0 bridgehead atoms. The Labute approximate surface area is 109 Å². The summed E-state index contributed by atoms with van der Waals surface area (Å²) in [7, 11) is 0. The van der Waals surface area contributed by atoms with E-state index in [-0.39, 0.29) is 5.70 Å². The molecule has 0 unspecified atom stereocenters. The van der Waals surface area contributed by atoms with Crippen LogP contribution < -0.4 is 0 Å². The molecule has 1 rings (SSSR count). The van der Waals surface area contributed by atoms with Gasteiger partial charge in [0.25, 0.3) is 0 Å². The Balaban J connectivity index is 3.10. The van der Waals surface area contributed by atoms with Crippen molar-refractivity contribution in [1.82, 2.24) is 0 Å². The number of halogens is 3. The number of benzene rings is 1. The fourth-order valence-electron chi connectivity index (χ4n) is 1.38. The molecule has 0 aromatic heterocycles. The van der Waals surface area contributed by atoms with Crippen LogP contribution in [-0.4, -0.2) is 13.0 Å². The van der Waals surface area contributed by atoms with E-state index in [9.17, 15) is 18.0 Å². The average molecular weight is 267 g/mol. The summed E-state index contributed by atoms with van der Waals surface area (Å²) < 4.78 is 37.7. The molecule has 0 radical (unpaired) electrons. The summed E-state index contributed by atoms with van der Waals surface area (Å²) in [5, 5.41) is 0. The molecule has 0 aliphatic carbocycles. The minimum Gasteiger partial charge on any atom is -0.296 e. The average Bonchev–Trinajstić information content (AvgIpc) is 2.39. The van der Waals surface area contributed by atoms with Gasteiger partial charge >= 0.3 is 6.18 Å². The highest BCUT2D eigenvalue weighted by molar-refractivity contribution is 5.76. The van der Waals surface area contributed by atoms with E-state index in [0.717, 1.165) is 12.1 Å². The summed E-state index contributed by atoms with van der Waals surface area (Å²) in [5.41, 5.74) is 0.431. The predicted octanol–water partition coefficient (Wildman–Crippen LogP) is 3.89. The van der Waals surface area contributed by atoms with Crippen LogP contribution in [0.2, 0.25) is 0 Å². The summed E-state index contributed by atoms with van der Waals surface area (Å²) in [5.74, 6) is 0. The zero-order chi connectivity index (χ0) is 14.5. The third-order valence-corrected chi connectivity index (χ3v) is 2.45. The number of nitrogens with zero attached hydrogens (tertiary/aromatic N) is 1. The Bertz CT molecular complexity index is 532. The summed E-state index contributed by atoms with van der Waals surface area (Å²) in [6.45, 7) is 4.85. The maximum absolute atomic E-state index is 12.6. The normalized spacial score (nSPS) is 13.3. The van der Waals surface area contributed by atoms with Crippen LogP contribution in [0, 0.1) is 0 Å². The lowest BCUT2D eigenvalue weighted by Crippen LogP contribution is -2.04. The standard InChI is InChI=1S/C14H12F3NO/c1-10(6-7-13(9-19)18-2)11-4-3-5-12(8-11)14(15,16)17/h3-9H,2H2,1H3/b10-6+,13-7-. The van der Waals surface area contributed by atoms with Crippen molar-refractivity contribution < 1.29 is 18.0 Å². The van der Waals surface area contributed by atoms with Crippen LogP contribution in [0.5, 0.6) is 0 Å². The van der Waals surface area contributed by atoms with Gasteiger partial charge in [0.15, 0.2) is 6.29 Å². The molecule has 1 aromatic carbocycles. The van der Waals surface area contributed by atoms with Gasteiger partial charge in [0.05, 0.1) is 5.56 Å². The summed E-state index contributed by atoms with van der Waals surface area (Å²) in [4.78, 5) is 13.9. The van der Waals surface area contributed by atoms with E-state index in [1.807, 2.05) is 0 Å². The van der Waals surface area contributed by atoms with Crippen molar-refractivity contribution in [1.29, 1.82) is 0 Å². The highest BCUT2D eigenvalue weighted by Crippen LogP contribution is 2.30. The van der Waals surface area contributed by atoms with Gasteiger partial charge in [-0.1, -0.05) is 18.2 Å². The smallest absolute Gasteiger partial charge is 0.296 e. The lowest BCUT2D eigenvalue weighted by Gasteiger charge is -2.08. The third kappa shape index (κ3) is 4.21. The van der Waals surface area contributed by atoms with E-state index in [0.29, 0.717) is 17.4 Å². The van der Waals surface area contributed by atoms with Crippen molar-refractivity contribution in [2.45, 2.75) is 13.1 Å². The highest BCUT2D eigenvalue weighted by atomic mass is 19.4. The molecule has 0 amide bonds. The molecule has 0 N–H and O–H groups in total. The number of allylic oxidation sites excluding steroid dienone is 4. The minimum absolute atomic E-state index is 0.117. The monoisotopic (exact) mass is 267 g/mol. The molecule has 0 aliphatic rings. The maximum atomic E-state index is 12.6. The largest absolute Gasteiger partial charge is 0.416 e. The number of hydrogen-bond donors (Lipinski definition) is 0. The van der Waals surface area contributed by atoms with Gasteiger partial charge in [-0.05, 0) is 43.0 Å². The molecule has 0 aliphatic heterocycles. The molecule has 0 fully saturated rings. The van der Waals surface area contributed by atoms with Gasteiger partial charge in [-0.15, -0.1) is 0 Å². The Kier molecular flexibility index (Phi) is 4.80. The number of carbonyl (C=O) groups excluding carboxylic acids is 1. The second-order valence-electron chi connectivity index (χ2n) is 3.80. The van der Waals surface area contributed by atoms with Crippen molar-refractivity contribution in [2.24, 2.45) is 4.99 Å². The summed E-state index contributed by atoms with van der Waals surface area (Å²) in [6.07, 6.45) is -0.935. The molecule has 0 saturated heterocycles. The number of aliphatic imine (C=N–C) groups is 1. The van der Waals surface area contributed by atoms with Crippen LogP contribution in [-0.2, 0) is 11.0 Å². The Hall–Kier alpha value is -2.17. The van der Waals surface area contributed by atoms with Crippen LogP contribution in [0.15, 0.2) is 47.1 Å². The van der Waals surface area contributed by atoms with Crippen molar-refractivity contribution in [3.05, 3.63) is 53.2 Å². The molecule has 2 nitrogen and oxygen atoms in total. The zero-order valence-corrected chi connectivity index (χ0v) is 10.2. The second kappa shape index (κ2) is 6.13. The van der Waals surface area contributed by atoms with Crippen LogP contribution in [0.25, 0.3) is 5.57 Å². The fourth-order valence-corrected chi connectivity index (χ4v) is 1.38. The van der Waals surface area contributed by atoms with Crippen LogP contribution >= 0.6 is 0 Å². The minimum atomic E-state index is -4.37. The quantitative estimate of drug-likeness (QED) is 0.352. The maximum Gasteiger partial charge on any atom is 0.416 e. The molecule has 100 valence electrons. The predicted molar refractivity (Wildman–Crippen MR) is 68.8 cm³/mol. The van der Waals surface area contributed by atoms with Gasteiger partial charge in [-0.3, -0.25) is 9.79 Å². The van der Waals surface area contributed by atoms with Crippen LogP contribution in [0.3, 0.4) is 0 Å². The number of carbonyl (C=O) groups is 1. The van der Waals surface area contributed by atoms with Gasteiger partial charge < -0.3 is 0 Å². The highest BCUT2D eigenvalue weighted by Gasteiger charge is 2.30. The van der Waals surface area contributed by atoms with E-state index in [2.05, 4.69) is 11.7 Å². The molecular formula is C14H12F3NO. The van der Waals surface area contributed by atoms with Gasteiger partial charge in [-0.2, -0.15) is 13.2 Å². The van der Waals surface area contributed by atoms with E-state index < -0.39 is 11.7 Å². The second-order valence-corrected chi connectivity index (χ2v) is 3.80. The Morgan fingerprint density at radius 3 is 2.53 bits per heavy atom. The first-order chi connectivity index (χ1) is 8.88. The van der Waals surface area contributed by atoms with Crippen LogP contribution in [0.4, 0.5) is 13.2 Å². The molecule has 0 heterocycles. The SMILES string of the molecule is C=N/C(C=O)=C\C=C(/C)c1cccc(C(F)(F)F)c1. The number of aldehydes is 1. The first-order valence-corrected chi connectivity index (χ1v) is 5.36. The molecule has 5 heteroatoms. The first-order valence-electron chi connectivity index (χ1n) is 5.36. The fraction of sp³-hybridized carbons (Fsp3) is 0.143. The van der Waals surface area contributed by atoms with E-state index in [1.54, 1.807) is 13.0 Å². The van der Waals surface area contributed by atoms with Crippen molar-refractivity contribution in [3.63, 3.8) is 0 Å². The summed E-state index contributed by atoms with van der Waals surface area (Å²) >= 11 is 0. The molecule has 0 atom stereocenters. The first kappa shape index (κ1) is 14.9. The summed E-state index contributed by atoms with van der Waals surface area (Å²) in [6, 6.07) is 4.97. The molecular weight excluding hydrogens is 255 g/mol. The lowest BCUT2D eigenvalue weighted by atomic mass is 10.0. The number of hydrogen-bond acceptors (Lipinski definition) is 2. The van der Waals surface area contributed by atoms with Gasteiger partial charge in [0, 0.05) is 0 Å². The van der Waals surface area contributed by atoms with Crippen molar-refractivity contribution >= 4 is 18.6 Å². The van der Waals surface area contributed by atoms with Crippen molar-refractivity contribution in [3.8, 4) is 0 Å². The van der Waals surface area contributed by atoms with E-state index in [1.165, 1.54) is 18.2 Å². The Morgan fingerprint density at radius 2 is 2.00 bits per heavy atom. The number of rotatable bonds is 4. The zero-order valence-electron chi connectivity index (χ0n) is 10.2. The molecule has 0 saturated carbocycles. The van der Waals surface area contributed by atoms with Gasteiger partial charge in [-0.25, -0.2) is 0 Å².